The van der Waals surface area contributed by atoms with Gasteiger partial charge in [0, 0.05) is 42.8 Å². The number of ether oxygens (including phenoxy) is 1. The lowest BCUT2D eigenvalue weighted by molar-refractivity contribution is -0.120. The van der Waals surface area contributed by atoms with Crippen molar-refractivity contribution in [2.24, 2.45) is 0 Å². The van der Waals surface area contributed by atoms with Gasteiger partial charge in [0.1, 0.15) is 12.1 Å². The van der Waals surface area contributed by atoms with Crippen molar-refractivity contribution >= 4 is 22.9 Å². The van der Waals surface area contributed by atoms with E-state index in [1.165, 1.54) is 16.5 Å². The number of hydrogen-bond acceptors (Lipinski definition) is 4. The Hall–Kier alpha value is -2.54. The van der Waals surface area contributed by atoms with Crippen LogP contribution in [-0.2, 0) is 16.1 Å². The first-order chi connectivity index (χ1) is 13.2. The number of benzene rings is 1. The molecule has 1 saturated heterocycles. The fraction of sp³-hybridized carbons (Fsp3) is 0.524. The summed E-state index contributed by atoms with van der Waals surface area (Å²) in [6.07, 6.45) is 2.39. The largest absolute Gasteiger partial charge is 0.444 e. The van der Waals surface area contributed by atoms with Crippen LogP contribution < -0.4 is 10.6 Å². The second-order valence-corrected chi connectivity index (χ2v) is 8.51. The summed E-state index contributed by atoms with van der Waals surface area (Å²) >= 11 is 0. The highest BCUT2D eigenvalue weighted by Crippen LogP contribution is 2.22. The topological polar surface area (TPSA) is 86.5 Å². The van der Waals surface area contributed by atoms with Crippen LogP contribution in [0, 0.1) is 6.92 Å². The van der Waals surface area contributed by atoms with Crippen LogP contribution in [0.2, 0.25) is 0 Å². The molecule has 2 amide bonds. The Kier molecular flexibility index (Phi) is 5.93. The maximum Gasteiger partial charge on any atom is 0.408 e. The van der Waals surface area contributed by atoms with Crippen molar-refractivity contribution in [2.75, 3.05) is 19.6 Å². The van der Waals surface area contributed by atoms with Gasteiger partial charge in [-0.3, -0.25) is 9.69 Å². The van der Waals surface area contributed by atoms with Crippen LogP contribution >= 0.6 is 0 Å². The highest BCUT2D eigenvalue weighted by molar-refractivity contribution is 5.84. The zero-order valence-corrected chi connectivity index (χ0v) is 17.1. The fourth-order valence-electron chi connectivity index (χ4n) is 3.51. The summed E-state index contributed by atoms with van der Waals surface area (Å²) in [6, 6.07) is 6.54. The van der Waals surface area contributed by atoms with E-state index in [1.807, 2.05) is 0 Å². The molecule has 2 heterocycles. The van der Waals surface area contributed by atoms with Gasteiger partial charge in [0.15, 0.2) is 0 Å². The number of aryl methyl sites for hydroxylation is 1. The first kappa shape index (κ1) is 20.2. The predicted molar refractivity (Wildman–Crippen MR) is 109 cm³/mol. The van der Waals surface area contributed by atoms with Gasteiger partial charge in [0.2, 0.25) is 5.91 Å². The number of nitrogens with one attached hydrogen (secondary N) is 3. The Morgan fingerprint density at radius 3 is 2.86 bits per heavy atom. The number of carbonyl (C=O) groups is 2. The number of H-pyrrole nitrogens is 1. The molecule has 1 atom stereocenters. The van der Waals surface area contributed by atoms with Crippen LogP contribution in [0.3, 0.4) is 0 Å². The molecule has 1 fully saturated rings. The summed E-state index contributed by atoms with van der Waals surface area (Å²) in [5, 5.41) is 6.74. The molecule has 0 aliphatic carbocycles. The van der Waals surface area contributed by atoms with Crippen LogP contribution in [-0.4, -0.2) is 53.2 Å². The summed E-state index contributed by atoms with van der Waals surface area (Å²) in [5.41, 5.74) is 3.10. The number of alkyl carbamates (subject to hydrolysis) is 1. The van der Waals surface area contributed by atoms with Gasteiger partial charge >= 0.3 is 6.09 Å². The minimum Gasteiger partial charge on any atom is -0.444 e. The van der Waals surface area contributed by atoms with Crippen molar-refractivity contribution in [2.45, 2.75) is 52.3 Å². The first-order valence-corrected chi connectivity index (χ1v) is 9.75. The maximum atomic E-state index is 12.1. The van der Waals surface area contributed by atoms with Crippen LogP contribution in [0.5, 0.6) is 0 Å². The van der Waals surface area contributed by atoms with E-state index in [1.54, 1.807) is 20.8 Å². The summed E-state index contributed by atoms with van der Waals surface area (Å²) in [4.78, 5) is 29.4. The van der Waals surface area contributed by atoms with E-state index in [2.05, 4.69) is 51.8 Å². The lowest BCUT2D eigenvalue weighted by Gasteiger charge is -2.20. The molecular formula is C21H30N4O3. The number of rotatable bonds is 5. The van der Waals surface area contributed by atoms with Crippen molar-refractivity contribution in [1.82, 2.24) is 20.5 Å². The molecule has 1 unspecified atom stereocenters. The number of carbonyl (C=O) groups excluding carboxylic acids is 2. The second-order valence-electron chi connectivity index (χ2n) is 8.51. The number of aromatic nitrogens is 1. The third-order valence-electron chi connectivity index (χ3n) is 4.75. The molecule has 28 heavy (non-hydrogen) atoms. The van der Waals surface area contributed by atoms with E-state index in [-0.39, 0.29) is 18.5 Å². The SMILES string of the molecule is Cc1ccc2c(CN3CCC(NC(=O)CNC(=O)OC(C)(C)C)C3)c[nH]c2c1. The van der Waals surface area contributed by atoms with Gasteiger partial charge in [0.05, 0.1) is 0 Å². The molecule has 1 aromatic heterocycles. The molecule has 7 nitrogen and oxygen atoms in total. The Labute approximate surface area is 165 Å². The van der Waals surface area contributed by atoms with E-state index >= 15 is 0 Å². The molecule has 3 N–H and O–H groups in total. The Balaban J connectivity index is 1.45. The van der Waals surface area contributed by atoms with Gasteiger partial charge in [-0.25, -0.2) is 4.79 Å². The van der Waals surface area contributed by atoms with Crippen molar-refractivity contribution in [3.05, 3.63) is 35.5 Å². The normalized spacial score (nSPS) is 17.6. The third-order valence-corrected chi connectivity index (χ3v) is 4.75. The van der Waals surface area contributed by atoms with Crippen LogP contribution in [0.15, 0.2) is 24.4 Å². The molecule has 0 bridgehead atoms. The molecular weight excluding hydrogens is 356 g/mol. The van der Waals surface area contributed by atoms with E-state index < -0.39 is 11.7 Å². The Morgan fingerprint density at radius 1 is 1.32 bits per heavy atom. The van der Waals surface area contributed by atoms with E-state index in [9.17, 15) is 9.59 Å². The number of nitrogens with zero attached hydrogens (tertiary/aromatic N) is 1. The minimum atomic E-state index is -0.578. The van der Waals surface area contributed by atoms with Crippen LogP contribution in [0.4, 0.5) is 4.79 Å². The number of fused-ring (bicyclic) bond motifs is 1. The number of amides is 2. The minimum absolute atomic E-state index is 0.0762. The molecule has 3 rings (SSSR count). The van der Waals surface area contributed by atoms with Crippen molar-refractivity contribution in [3.63, 3.8) is 0 Å². The number of likely N-dealkylation sites (tertiary alicyclic amines) is 1. The third kappa shape index (κ3) is 5.48. The van der Waals surface area contributed by atoms with Crippen molar-refractivity contribution in [3.8, 4) is 0 Å². The maximum absolute atomic E-state index is 12.1. The quantitative estimate of drug-likeness (QED) is 0.737. The van der Waals surface area contributed by atoms with Gasteiger partial charge in [-0.1, -0.05) is 12.1 Å². The Bertz CT molecular complexity index is 853. The fourth-order valence-corrected chi connectivity index (χ4v) is 3.51. The molecule has 1 aliphatic heterocycles. The molecule has 1 aliphatic rings. The zero-order valence-electron chi connectivity index (χ0n) is 17.1. The van der Waals surface area contributed by atoms with Crippen molar-refractivity contribution in [1.29, 1.82) is 0 Å². The lowest BCUT2D eigenvalue weighted by atomic mass is 10.1. The van der Waals surface area contributed by atoms with Gasteiger partial charge in [-0.15, -0.1) is 0 Å². The molecule has 0 radical (unpaired) electrons. The lowest BCUT2D eigenvalue weighted by Crippen LogP contribution is -2.44. The van der Waals surface area contributed by atoms with Gasteiger partial charge in [-0.2, -0.15) is 0 Å². The van der Waals surface area contributed by atoms with Gasteiger partial charge in [-0.05, 0) is 51.3 Å². The molecule has 7 heteroatoms. The first-order valence-electron chi connectivity index (χ1n) is 9.75. The zero-order chi connectivity index (χ0) is 20.3. The molecule has 152 valence electrons. The van der Waals surface area contributed by atoms with E-state index in [4.69, 9.17) is 4.74 Å². The standard InChI is InChI=1S/C21H30N4O3/c1-14-5-6-17-15(10-22-18(17)9-14)12-25-8-7-16(13-25)24-19(26)11-23-20(27)28-21(2,3)4/h5-6,9-10,16,22H,7-8,11-13H2,1-4H3,(H,23,27)(H,24,26). The highest BCUT2D eigenvalue weighted by Gasteiger charge is 2.25. The number of aromatic amines is 1. The van der Waals surface area contributed by atoms with Gasteiger partial charge < -0.3 is 20.4 Å². The smallest absolute Gasteiger partial charge is 0.408 e. The number of hydrogen-bond donors (Lipinski definition) is 3. The monoisotopic (exact) mass is 386 g/mol. The molecule has 0 spiro atoms. The average molecular weight is 386 g/mol. The summed E-state index contributed by atoms with van der Waals surface area (Å²) in [5.74, 6) is -0.194. The van der Waals surface area contributed by atoms with Gasteiger partial charge in [0.25, 0.3) is 0 Å². The summed E-state index contributed by atoms with van der Waals surface area (Å²) in [7, 11) is 0. The molecule has 1 aromatic carbocycles. The molecule has 0 saturated carbocycles. The van der Waals surface area contributed by atoms with E-state index in [0.29, 0.717) is 0 Å². The Morgan fingerprint density at radius 2 is 2.11 bits per heavy atom. The average Bonchev–Trinajstić information content (AvgIpc) is 3.19. The van der Waals surface area contributed by atoms with Crippen LogP contribution in [0.25, 0.3) is 10.9 Å². The predicted octanol–water partition coefficient (Wildman–Crippen LogP) is 2.69. The van der Waals surface area contributed by atoms with E-state index in [0.717, 1.165) is 31.6 Å². The second kappa shape index (κ2) is 8.22. The van der Waals surface area contributed by atoms with Crippen LogP contribution in [0.1, 0.15) is 38.3 Å². The summed E-state index contributed by atoms with van der Waals surface area (Å²) in [6.45, 7) is 9.96. The summed E-state index contributed by atoms with van der Waals surface area (Å²) < 4.78 is 5.14. The highest BCUT2D eigenvalue weighted by atomic mass is 16.6. The molecule has 2 aromatic rings. The van der Waals surface area contributed by atoms with Crippen molar-refractivity contribution < 1.29 is 14.3 Å².